The molecule has 144 valence electrons. The topological polar surface area (TPSA) is 83.8 Å². The maximum atomic E-state index is 10.1. The number of hydrogen-bond donors (Lipinski definition) is 2. The second kappa shape index (κ2) is 7.49. The summed E-state index contributed by atoms with van der Waals surface area (Å²) in [5, 5.41) is 19.4. The molecule has 2 aliphatic rings. The van der Waals surface area contributed by atoms with E-state index < -0.39 is 35.2 Å². The predicted molar refractivity (Wildman–Crippen MR) is 102 cm³/mol. The third kappa shape index (κ3) is 5.63. The van der Waals surface area contributed by atoms with Gasteiger partial charge in [-0.2, -0.15) is 0 Å². The summed E-state index contributed by atoms with van der Waals surface area (Å²) >= 11 is 0. The summed E-state index contributed by atoms with van der Waals surface area (Å²) in [5.74, 6) is 0.621. The lowest BCUT2D eigenvalue weighted by atomic mass is 10.2. The molecule has 0 radical (unpaired) electrons. The van der Waals surface area contributed by atoms with E-state index in [1.807, 2.05) is 18.0 Å². The van der Waals surface area contributed by atoms with E-state index in [0.29, 0.717) is 12.3 Å². The first-order valence-corrected chi connectivity index (χ1v) is 15.6. The van der Waals surface area contributed by atoms with Gasteiger partial charge in [-0.3, -0.25) is 0 Å². The summed E-state index contributed by atoms with van der Waals surface area (Å²) < 4.78 is 18.2. The number of nitrogens with zero attached hydrogens (tertiary/aromatic N) is 2. The molecule has 0 aliphatic carbocycles. The van der Waals surface area contributed by atoms with Crippen molar-refractivity contribution in [2.45, 2.75) is 77.4 Å². The van der Waals surface area contributed by atoms with E-state index in [1.54, 1.807) is 0 Å². The fourth-order valence-electron chi connectivity index (χ4n) is 2.70. The summed E-state index contributed by atoms with van der Waals surface area (Å²) in [6, 6.07) is 0. The lowest BCUT2D eigenvalue weighted by molar-refractivity contribution is -0.106. The van der Waals surface area contributed by atoms with Gasteiger partial charge >= 0.3 is 0 Å². The minimum absolute atomic E-state index is 0.207. The van der Waals surface area contributed by atoms with Crippen molar-refractivity contribution in [1.29, 1.82) is 0 Å². The van der Waals surface area contributed by atoms with Gasteiger partial charge in [-0.15, -0.1) is 0 Å². The van der Waals surface area contributed by atoms with Crippen LogP contribution in [-0.2, 0) is 13.6 Å². The predicted octanol–water partition coefficient (Wildman–Crippen LogP) is 2.06. The molecule has 0 aromatic heterocycles. The van der Waals surface area contributed by atoms with Crippen molar-refractivity contribution in [3.05, 3.63) is 11.8 Å². The van der Waals surface area contributed by atoms with E-state index in [0.717, 1.165) is 5.57 Å². The van der Waals surface area contributed by atoms with Crippen molar-refractivity contribution in [3.8, 4) is 0 Å². The van der Waals surface area contributed by atoms with Crippen molar-refractivity contribution < 1.29 is 23.8 Å². The van der Waals surface area contributed by atoms with Crippen LogP contribution in [0.1, 0.15) is 13.3 Å². The Morgan fingerprint density at radius 3 is 2.36 bits per heavy atom. The highest BCUT2D eigenvalue weighted by Crippen LogP contribution is 2.30. The third-order valence-corrected chi connectivity index (χ3v) is 5.46. The average Bonchev–Trinajstić information content (AvgIpc) is 2.80. The summed E-state index contributed by atoms with van der Waals surface area (Å²) in [5.41, 5.74) is 0.906. The third-order valence-electron chi connectivity index (χ3n) is 3.74. The van der Waals surface area contributed by atoms with E-state index in [9.17, 15) is 10.2 Å². The van der Waals surface area contributed by atoms with Crippen LogP contribution in [0, 0.1) is 0 Å². The molecule has 9 heteroatoms. The van der Waals surface area contributed by atoms with Crippen molar-refractivity contribution >= 4 is 22.5 Å². The van der Waals surface area contributed by atoms with Crippen molar-refractivity contribution in [1.82, 2.24) is 4.90 Å². The van der Waals surface area contributed by atoms with Gasteiger partial charge in [0.25, 0.3) is 0 Å². The van der Waals surface area contributed by atoms with Crippen molar-refractivity contribution in [2.75, 3.05) is 6.61 Å². The SMILES string of the molecule is CC1=CN([C@H]2C[C@H](O)[C@@H](CO)O2)C(O[Si](C)(C)C)N=C1O[Si](C)(C)C. The fourth-order valence-corrected chi connectivity index (χ4v) is 4.30. The van der Waals surface area contributed by atoms with E-state index in [4.69, 9.17) is 18.6 Å². The molecule has 1 unspecified atom stereocenters. The quantitative estimate of drug-likeness (QED) is 0.702. The monoisotopic (exact) mass is 388 g/mol. The van der Waals surface area contributed by atoms with E-state index in [-0.39, 0.29) is 12.8 Å². The van der Waals surface area contributed by atoms with Gasteiger partial charge in [0.1, 0.15) is 12.3 Å². The van der Waals surface area contributed by atoms with Gasteiger partial charge in [-0.1, -0.05) is 0 Å². The Kier molecular flexibility index (Phi) is 6.17. The summed E-state index contributed by atoms with van der Waals surface area (Å²) in [6.07, 6.45) is 0.136. The lowest BCUT2D eigenvalue weighted by Crippen LogP contribution is -2.48. The number of aliphatic imine (C=N–C) groups is 1. The molecule has 7 nitrogen and oxygen atoms in total. The van der Waals surface area contributed by atoms with Gasteiger partial charge in [0.2, 0.25) is 20.6 Å². The highest BCUT2D eigenvalue weighted by molar-refractivity contribution is 6.71. The zero-order valence-corrected chi connectivity index (χ0v) is 18.3. The molecule has 0 spiro atoms. The maximum absolute atomic E-state index is 10.1. The molecule has 1 fully saturated rings. The Hall–Kier alpha value is -0.716. The Labute approximate surface area is 152 Å². The molecule has 0 aromatic rings. The Morgan fingerprint density at radius 1 is 1.24 bits per heavy atom. The zero-order valence-electron chi connectivity index (χ0n) is 16.3. The normalized spacial score (nSPS) is 31.0. The molecule has 0 aromatic carbocycles. The lowest BCUT2D eigenvalue weighted by Gasteiger charge is -2.39. The van der Waals surface area contributed by atoms with Gasteiger partial charge in [-0.25, -0.2) is 4.99 Å². The first kappa shape index (κ1) is 20.6. The van der Waals surface area contributed by atoms with Crippen molar-refractivity contribution in [3.63, 3.8) is 0 Å². The first-order chi connectivity index (χ1) is 11.4. The highest BCUT2D eigenvalue weighted by Gasteiger charge is 2.41. The smallest absolute Gasteiger partial charge is 0.244 e. The van der Waals surface area contributed by atoms with Crippen LogP contribution >= 0.6 is 0 Å². The largest absolute Gasteiger partial charge is 0.531 e. The average molecular weight is 389 g/mol. The van der Waals surface area contributed by atoms with Crippen LogP contribution in [0.15, 0.2) is 16.8 Å². The summed E-state index contributed by atoms with van der Waals surface area (Å²) in [7, 11) is -3.67. The van der Waals surface area contributed by atoms with E-state index in [2.05, 4.69) is 39.3 Å². The second-order valence-corrected chi connectivity index (χ2v) is 17.5. The van der Waals surface area contributed by atoms with Crippen LogP contribution in [0.3, 0.4) is 0 Å². The van der Waals surface area contributed by atoms with Crippen LogP contribution < -0.4 is 0 Å². The van der Waals surface area contributed by atoms with Crippen molar-refractivity contribution in [2.24, 2.45) is 4.99 Å². The first-order valence-electron chi connectivity index (χ1n) is 8.75. The van der Waals surface area contributed by atoms with Gasteiger partial charge in [0, 0.05) is 18.2 Å². The Morgan fingerprint density at radius 2 is 1.88 bits per heavy atom. The highest BCUT2D eigenvalue weighted by atomic mass is 28.4. The molecule has 4 atom stereocenters. The summed E-state index contributed by atoms with van der Waals surface area (Å²) in [4.78, 5) is 6.60. The Bertz CT molecular complexity index is 542. The molecule has 0 bridgehead atoms. The molecule has 2 N–H and O–H groups in total. The molecule has 2 heterocycles. The molecule has 2 aliphatic heterocycles. The van der Waals surface area contributed by atoms with E-state index >= 15 is 0 Å². The van der Waals surface area contributed by atoms with Crippen LogP contribution in [0.4, 0.5) is 0 Å². The molecular weight excluding hydrogens is 356 g/mol. The molecule has 1 saturated heterocycles. The van der Waals surface area contributed by atoms with Crippen LogP contribution in [0.25, 0.3) is 0 Å². The zero-order chi connectivity index (χ0) is 19.0. The number of ether oxygens (including phenoxy) is 1. The molecule has 25 heavy (non-hydrogen) atoms. The van der Waals surface area contributed by atoms with Gasteiger partial charge < -0.3 is 28.7 Å². The number of rotatable bonds is 5. The van der Waals surface area contributed by atoms with Crippen LogP contribution in [0.2, 0.25) is 39.3 Å². The standard InChI is InChI=1S/C16H32N2O5Si2/c1-11-9-18(14-8-12(20)13(10-19)21-14)16(23-25(5,6)7)17-15(11)22-24(2,3)4/h9,12-14,16,19-20H,8,10H2,1-7H3/t12-,13+,14+,16?/m0/s1. The summed E-state index contributed by atoms with van der Waals surface area (Å²) in [6.45, 7) is 14.4. The molecular formula is C16H32N2O5Si2. The number of aliphatic hydroxyl groups excluding tert-OH is 2. The minimum Gasteiger partial charge on any atom is -0.531 e. The fraction of sp³-hybridized carbons (Fsp3) is 0.812. The van der Waals surface area contributed by atoms with Crippen LogP contribution in [0.5, 0.6) is 0 Å². The Balaban J connectivity index is 2.26. The number of aliphatic hydroxyl groups is 2. The maximum Gasteiger partial charge on any atom is 0.244 e. The van der Waals surface area contributed by atoms with E-state index in [1.165, 1.54) is 0 Å². The molecule has 0 saturated carbocycles. The number of hydrogen-bond acceptors (Lipinski definition) is 7. The second-order valence-electron chi connectivity index (χ2n) is 8.58. The minimum atomic E-state index is -1.88. The molecule has 0 amide bonds. The van der Waals surface area contributed by atoms with Gasteiger partial charge in [-0.05, 0) is 46.2 Å². The van der Waals surface area contributed by atoms with Gasteiger partial charge in [0.15, 0.2) is 8.32 Å². The van der Waals surface area contributed by atoms with Gasteiger partial charge in [0.05, 0.1) is 12.7 Å². The van der Waals surface area contributed by atoms with Crippen LogP contribution in [-0.4, -0.2) is 69.0 Å². The molecule has 2 rings (SSSR count).